The van der Waals surface area contributed by atoms with Gasteiger partial charge in [0.25, 0.3) is 0 Å². The molecule has 0 aliphatic carbocycles. The second-order valence-electron chi connectivity index (χ2n) is 7.14. The van der Waals surface area contributed by atoms with E-state index >= 15 is 0 Å². The molecule has 0 saturated carbocycles. The van der Waals surface area contributed by atoms with E-state index in [1.807, 2.05) is 6.26 Å². The first-order valence-corrected chi connectivity index (χ1v) is 11.1. The molecule has 0 aromatic carbocycles. The van der Waals surface area contributed by atoms with Crippen molar-refractivity contribution in [1.29, 1.82) is 0 Å². The van der Waals surface area contributed by atoms with Crippen molar-refractivity contribution < 1.29 is 34.2 Å². The molecule has 1 heterocycles. The van der Waals surface area contributed by atoms with E-state index in [1.165, 1.54) is 11.8 Å². The van der Waals surface area contributed by atoms with E-state index < -0.39 is 60.2 Å². The Labute approximate surface area is 179 Å². The Balaban J connectivity index is 2.71. The van der Waals surface area contributed by atoms with Gasteiger partial charge in [0.15, 0.2) is 0 Å². The summed E-state index contributed by atoms with van der Waals surface area (Å²) in [7, 11) is 0. The molecule has 1 aliphatic rings. The van der Waals surface area contributed by atoms with Gasteiger partial charge in [0, 0.05) is 13.0 Å². The first-order valence-electron chi connectivity index (χ1n) is 9.68. The molecule has 12 heteroatoms. The summed E-state index contributed by atoms with van der Waals surface area (Å²) in [6.07, 6.45) is 2.57. The molecule has 6 N–H and O–H groups in total. The molecular weight excluding hydrogens is 416 g/mol. The molecule has 1 rings (SSSR count). The van der Waals surface area contributed by atoms with E-state index in [0.29, 0.717) is 31.6 Å². The highest BCUT2D eigenvalue weighted by Gasteiger charge is 2.38. The fraction of sp³-hybridized carbons (Fsp3) is 0.722. The van der Waals surface area contributed by atoms with Gasteiger partial charge >= 0.3 is 11.9 Å². The monoisotopic (exact) mass is 446 g/mol. The standard InChI is InChI=1S/C18H30N4O7S/c1-10(20-15(25)11(19)7-9-30-2)17(27)22-8-3-4-13(22)16(26)21-12(18(28)29)5-6-14(23)24/h10-13H,3-9,19H2,1-2H3,(H,20,25)(H,21,26)(H,23,24)(H,28,29). The number of likely N-dealkylation sites (tertiary alicyclic amines) is 1. The number of nitrogens with zero attached hydrogens (tertiary/aromatic N) is 1. The molecule has 4 unspecified atom stereocenters. The van der Waals surface area contributed by atoms with Crippen LogP contribution in [-0.4, -0.2) is 87.5 Å². The van der Waals surface area contributed by atoms with Crippen molar-refractivity contribution in [2.45, 2.75) is 63.2 Å². The van der Waals surface area contributed by atoms with Gasteiger partial charge in [-0.3, -0.25) is 19.2 Å². The third-order valence-electron chi connectivity index (χ3n) is 4.80. The predicted octanol–water partition coefficient (Wildman–Crippen LogP) is -1.00. The predicted molar refractivity (Wildman–Crippen MR) is 110 cm³/mol. The van der Waals surface area contributed by atoms with Crippen molar-refractivity contribution in [2.24, 2.45) is 5.73 Å². The molecular formula is C18H30N4O7S. The van der Waals surface area contributed by atoms with Crippen LogP contribution in [0.4, 0.5) is 0 Å². The fourth-order valence-corrected chi connectivity index (χ4v) is 3.59. The van der Waals surface area contributed by atoms with Crippen molar-refractivity contribution in [2.75, 3.05) is 18.6 Å². The zero-order valence-corrected chi connectivity index (χ0v) is 17.9. The van der Waals surface area contributed by atoms with Crippen LogP contribution < -0.4 is 16.4 Å². The Morgan fingerprint density at radius 3 is 2.40 bits per heavy atom. The average molecular weight is 447 g/mol. The Morgan fingerprint density at radius 1 is 1.17 bits per heavy atom. The molecule has 4 atom stereocenters. The number of nitrogens with two attached hydrogens (primary N) is 1. The highest BCUT2D eigenvalue weighted by Crippen LogP contribution is 2.19. The number of thioether (sulfide) groups is 1. The smallest absolute Gasteiger partial charge is 0.326 e. The lowest BCUT2D eigenvalue weighted by atomic mass is 10.1. The molecule has 3 amide bonds. The Kier molecular flexibility index (Phi) is 10.6. The minimum absolute atomic E-state index is 0.266. The van der Waals surface area contributed by atoms with E-state index in [-0.39, 0.29) is 6.42 Å². The minimum Gasteiger partial charge on any atom is -0.481 e. The van der Waals surface area contributed by atoms with Gasteiger partial charge in [0.05, 0.1) is 6.04 Å². The highest BCUT2D eigenvalue weighted by molar-refractivity contribution is 7.98. The van der Waals surface area contributed by atoms with Crippen LogP contribution in [-0.2, 0) is 24.0 Å². The summed E-state index contributed by atoms with van der Waals surface area (Å²) in [6.45, 7) is 1.80. The lowest BCUT2D eigenvalue weighted by Gasteiger charge is -2.28. The van der Waals surface area contributed by atoms with E-state index in [2.05, 4.69) is 10.6 Å². The second kappa shape index (κ2) is 12.4. The lowest BCUT2D eigenvalue weighted by Crippen LogP contribution is -2.56. The number of carbonyl (C=O) groups excluding carboxylic acids is 3. The summed E-state index contributed by atoms with van der Waals surface area (Å²) in [5.41, 5.74) is 5.80. The number of hydrogen-bond donors (Lipinski definition) is 5. The normalized spacial score (nSPS) is 18.9. The van der Waals surface area contributed by atoms with Crippen LogP contribution in [0.25, 0.3) is 0 Å². The number of nitrogens with one attached hydrogen (secondary N) is 2. The van der Waals surface area contributed by atoms with Crippen molar-refractivity contribution in [1.82, 2.24) is 15.5 Å². The average Bonchev–Trinajstić information content (AvgIpc) is 3.17. The number of aliphatic carboxylic acids is 2. The second-order valence-corrected chi connectivity index (χ2v) is 8.13. The summed E-state index contributed by atoms with van der Waals surface area (Å²) in [6, 6.07) is -3.88. The molecule has 0 aromatic heterocycles. The van der Waals surface area contributed by atoms with Gasteiger partial charge in [-0.15, -0.1) is 0 Å². The molecule has 0 bridgehead atoms. The maximum Gasteiger partial charge on any atom is 0.326 e. The van der Waals surface area contributed by atoms with E-state index in [0.717, 1.165) is 0 Å². The molecule has 0 spiro atoms. The van der Waals surface area contributed by atoms with Crippen LogP contribution in [0.5, 0.6) is 0 Å². The zero-order valence-electron chi connectivity index (χ0n) is 17.1. The SMILES string of the molecule is CSCCC(N)C(=O)NC(C)C(=O)N1CCCC1C(=O)NC(CCC(=O)O)C(=O)O. The highest BCUT2D eigenvalue weighted by atomic mass is 32.2. The molecule has 0 radical (unpaired) electrons. The van der Waals surface area contributed by atoms with Crippen LogP contribution in [0.3, 0.4) is 0 Å². The van der Waals surface area contributed by atoms with E-state index in [1.54, 1.807) is 11.8 Å². The zero-order chi connectivity index (χ0) is 22.8. The van der Waals surface area contributed by atoms with E-state index in [9.17, 15) is 29.1 Å². The van der Waals surface area contributed by atoms with Crippen LogP contribution in [0.2, 0.25) is 0 Å². The number of carbonyl (C=O) groups is 5. The molecule has 0 aromatic rings. The third kappa shape index (κ3) is 7.82. The van der Waals surface area contributed by atoms with Gasteiger partial charge in [-0.1, -0.05) is 0 Å². The summed E-state index contributed by atoms with van der Waals surface area (Å²) in [5.74, 6) is -3.39. The molecule has 1 fully saturated rings. The molecule has 1 aliphatic heterocycles. The van der Waals surface area contributed by atoms with Gasteiger partial charge in [-0.2, -0.15) is 11.8 Å². The quantitative estimate of drug-likeness (QED) is 0.251. The Hall–Kier alpha value is -2.34. The summed E-state index contributed by atoms with van der Waals surface area (Å²) >= 11 is 1.55. The maximum atomic E-state index is 12.8. The summed E-state index contributed by atoms with van der Waals surface area (Å²) < 4.78 is 0. The van der Waals surface area contributed by atoms with Crippen molar-refractivity contribution >= 4 is 41.4 Å². The van der Waals surface area contributed by atoms with Crippen molar-refractivity contribution in [3.05, 3.63) is 0 Å². The lowest BCUT2D eigenvalue weighted by molar-refractivity contribution is -0.145. The molecule has 1 saturated heterocycles. The number of rotatable bonds is 12. The van der Waals surface area contributed by atoms with E-state index in [4.69, 9.17) is 10.8 Å². The molecule has 30 heavy (non-hydrogen) atoms. The molecule has 170 valence electrons. The van der Waals surface area contributed by atoms with Gasteiger partial charge < -0.3 is 31.5 Å². The Bertz CT molecular complexity index is 660. The number of carboxylic acids is 2. The minimum atomic E-state index is -1.36. The van der Waals surface area contributed by atoms with Gasteiger partial charge in [-0.05, 0) is 44.6 Å². The Morgan fingerprint density at radius 2 is 1.83 bits per heavy atom. The van der Waals surface area contributed by atoms with Gasteiger partial charge in [0.2, 0.25) is 17.7 Å². The van der Waals surface area contributed by atoms with Crippen molar-refractivity contribution in [3.8, 4) is 0 Å². The number of carboxylic acid groups (broad SMARTS) is 2. The fourth-order valence-electron chi connectivity index (χ4n) is 3.10. The van der Waals surface area contributed by atoms with Crippen molar-refractivity contribution in [3.63, 3.8) is 0 Å². The maximum absolute atomic E-state index is 12.8. The number of hydrogen-bond acceptors (Lipinski definition) is 7. The summed E-state index contributed by atoms with van der Waals surface area (Å²) in [5, 5.41) is 22.8. The summed E-state index contributed by atoms with van der Waals surface area (Å²) in [4.78, 5) is 60.7. The number of amides is 3. The first kappa shape index (κ1) is 25.7. The van der Waals surface area contributed by atoms with Crippen LogP contribution in [0, 0.1) is 0 Å². The topological polar surface area (TPSA) is 179 Å². The molecule has 11 nitrogen and oxygen atoms in total. The van der Waals surface area contributed by atoms with Crippen LogP contribution in [0.1, 0.15) is 39.0 Å². The van der Waals surface area contributed by atoms with Crippen LogP contribution >= 0.6 is 11.8 Å². The largest absolute Gasteiger partial charge is 0.481 e. The van der Waals surface area contributed by atoms with Gasteiger partial charge in [-0.25, -0.2) is 4.79 Å². The van der Waals surface area contributed by atoms with Gasteiger partial charge in [0.1, 0.15) is 18.1 Å². The first-order chi connectivity index (χ1) is 14.1. The third-order valence-corrected chi connectivity index (χ3v) is 5.44. The van der Waals surface area contributed by atoms with Crippen LogP contribution in [0.15, 0.2) is 0 Å².